The topological polar surface area (TPSA) is 48.8 Å². The minimum absolute atomic E-state index is 0.783. The van der Waals surface area contributed by atoms with Gasteiger partial charge < -0.3 is 10.7 Å². The normalized spacial score (nSPS) is 9.82. The van der Waals surface area contributed by atoms with Gasteiger partial charge in [-0.3, -0.25) is 0 Å². The zero-order valence-corrected chi connectivity index (χ0v) is 5.99. The molecule has 0 amide bonds. The van der Waals surface area contributed by atoms with E-state index in [0.29, 0.717) is 0 Å². The van der Waals surface area contributed by atoms with Gasteiger partial charge in [0.2, 0.25) is 0 Å². The summed E-state index contributed by atoms with van der Waals surface area (Å²) in [6.45, 7) is 0. The molecule has 0 aliphatic heterocycles. The number of hydrogen-bond donors (Lipinski definition) is 2. The van der Waals surface area contributed by atoms with Crippen molar-refractivity contribution in [3.05, 3.63) is 36.7 Å². The smallest absolute Gasteiger partial charge is 0.129 e. The number of anilines is 1. The molecule has 3 heteroatoms. The van der Waals surface area contributed by atoms with Gasteiger partial charge >= 0.3 is 0 Å². The molecule has 0 unspecified atom stereocenters. The molecule has 0 fully saturated rings. The van der Waals surface area contributed by atoms with E-state index >= 15 is 0 Å². The molecule has 0 bridgehead atoms. The molecule has 56 valence electrons. The minimum atomic E-state index is 0.783. The first-order valence-electron chi connectivity index (χ1n) is 3.26. The van der Waals surface area contributed by atoms with Gasteiger partial charge in [0.1, 0.15) is 5.82 Å². The van der Waals surface area contributed by atoms with Crippen LogP contribution in [-0.4, -0.2) is 11.2 Å². The molecule has 0 aromatic carbocycles. The predicted octanol–water partition coefficient (Wildman–Crippen LogP) is 1.66. The first-order chi connectivity index (χ1) is 5.43. The first kappa shape index (κ1) is 7.47. The average Bonchev–Trinajstić information content (AvgIpc) is 2.07. The Morgan fingerprint density at radius 1 is 1.45 bits per heavy atom. The highest BCUT2D eigenvalue weighted by Gasteiger charge is 1.82. The molecular weight excluding hydrogens is 138 g/mol. The van der Waals surface area contributed by atoms with Crippen LogP contribution in [0, 0.1) is 5.41 Å². The van der Waals surface area contributed by atoms with Crippen LogP contribution in [0.25, 0.3) is 0 Å². The molecule has 1 aromatic rings. The second kappa shape index (κ2) is 4.22. The maximum absolute atomic E-state index is 6.70. The zero-order valence-electron chi connectivity index (χ0n) is 5.99. The fourth-order valence-corrected chi connectivity index (χ4v) is 0.630. The number of nitrogens with one attached hydrogen (secondary N) is 2. The maximum atomic E-state index is 6.70. The van der Waals surface area contributed by atoms with Crippen LogP contribution in [-0.2, 0) is 0 Å². The highest BCUT2D eigenvalue weighted by atomic mass is 15.0. The number of aromatic nitrogens is 1. The van der Waals surface area contributed by atoms with Gasteiger partial charge in [-0.2, -0.15) is 0 Å². The van der Waals surface area contributed by atoms with Crippen LogP contribution in [0.15, 0.2) is 36.7 Å². The van der Waals surface area contributed by atoms with E-state index in [-0.39, 0.29) is 0 Å². The number of hydrogen-bond acceptors (Lipinski definition) is 3. The fourth-order valence-electron chi connectivity index (χ4n) is 0.630. The SMILES string of the molecule is N=C/C=C\Nc1ccccn1. The van der Waals surface area contributed by atoms with Gasteiger partial charge in [0.25, 0.3) is 0 Å². The largest absolute Gasteiger partial charge is 0.347 e. The van der Waals surface area contributed by atoms with Crippen LogP contribution in [0.3, 0.4) is 0 Å². The second-order valence-electron chi connectivity index (χ2n) is 1.89. The molecule has 1 aromatic heterocycles. The van der Waals surface area contributed by atoms with Crippen LogP contribution >= 0.6 is 0 Å². The van der Waals surface area contributed by atoms with Gasteiger partial charge in [-0.25, -0.2) is 4.98 Å². The lowest BCUT2D eigenvalue weighted by Crippen LogP contribution is -1.88. The fraction of sp³-hybridized carbons (Fsp3) is 0. The summed E-state index contributed by atoms with van der Waals surface area (Å²) in [7, 11) is 0. The van der Waals surface area contributed by atoms with Crippen LogP contribution in [0.5, 0.6) is 0 Å². The van der Waals surface area contributed by atoms with Crippen LogP contribution in [0.4, 0.5) is 5.82 Å². The Bertz CT molecular complexity index is 241. The third kappa shape index (κ3) is 2.62. The van der Waals surface area contributed by atoms with E-state index in [9.17, 15) is 0 Å². The standard InChI is InChI=1S/C8H9N3/c9-5-3-7-11-8-4-1-2-6-10-8/h1-7,9H,(H,10,11)/b7-3-,9-5?. The van der Waals surface area contributed by atoms with Crippen molar-refractivity contribution in [2.45, 2.75) is 0 Å². The molecule has 1 rings (SSSR count). The number of rotatable bonds is 3. The highest BCUT2D eigenvalue weighted by Crippen LogP contribution is 1.98. The Balaban J connectivity index is 2.51. The van der Waals surface area contributed by atoms with Gasteiger partial charge in [0.05, 0.1) is 0 Å². The molecule has 11 heavy (non-hydrogen) atoms. The molecule has 1 heterocycles. The van der Waals surface area contributed by atoms with Crippen molar-refractivity contribution in [2.75, 3.05) is 5.32 Å². The van der Waals surface area contributed by atoms with E-state index in [1.807, 2.05) is 18.2 Å². The lowest BCUT2D eigenvalue weighted by atomic mass is 10.5. The summed E-state index contributed by atoms with van der Waals surface area (Å²) < 4.78 is 0. The minimum Gasteiger partial charge on any atom is -0.347 e. The number of allylic oxidation sites excluding steroid dienone is 1. The summed E-state index contributed by atoms with van der Waals surface area (Å²) in [4.78, 5) is 4.01. The summed E-state index contributed by atoms with van der Waals surface area (Å²) in [6, 6.07) is 5.60. The van der Waals surface area contributed by atoms with Crippen molar-refractivity contribution in [3.63, 3.8) is 0 Å². The van der Waals surface area contributed by atoms with Crippen molar-refractivity contribution in [1.82, 2.24) is 4.98 Å². The molecular formula is C8H9N3. The van der Waals surface area contributed by atoms with E-state index in [0.717, 1.165) is 5.82 Å². The Labute approximate surface area is 65.3 Å². The van der Waals surface area contributed by atoms with Crippen LogP contribution in [0.1, 0.15) is 0 Å². The van der Waals surface area contributed by atoms with Gasteiger partial charge in [-0.15, -0.1) is 0 Å². The van der Waals surface area contributed by atoms with E-state index in [1.165, 1.54) is 6.21 Å². The Morgan fingerprint density at radius 2 is 2.36 bits per heavy atom. The molecule has 0 saturated carbocycles. The summed E-state index contributed by atoms with van der Waals surface area (Å²) >= 11 is 0. The van der Waals surface area contributed by atoms with E-state index < -0.39 is 0 Å². The van der Waals surface area contributed by atoms with E-state index in [1.54, 1.807) is 18.5 Å². The molecule has 0 atom stereocenters. The second-order valence-corrected chi connectivity index (χ2v) is 1.89. The lowest BCUT2D eigenvalue weighted by Gasteiger charge is -1.95. The molecule has 0 radical (unpaired) electrons. The van der Waals surface area contributed by atoms with Crippen molar-refractivity contribution < 1.29 is 0 Å². The third-order valence-electron chi connectivity index (χ3n) is 1.09. The Hall–Kier alpha value is -1.64. The summed E-state index contributed by atoms with van der Waals surface area (Å²) in [6.07, 6.45) is 6.17. The molecule has 3 nitrogen and oxygen atoms in total. The third-order valence-corrected chi connectivity index (χ3v) is 1.09. The van der Waals surface area contributed by atoms with Crippen molar-refractivity contribution in [3.8, 4) is 0 Å². The Morgan fingerprint density at radius 3 is 3.00 bits per heavy atom. The quantitative estimate of drug-likeness (QED) is 0.639. The van der Waals surface area contributed by atoms with Gasteiger partial charge in [0, 0.05) is 18.6 Å². The molecule has 0 spiro atoms. The molecule has 0 saturated heterocycles. The van der Waals surface area contributed by atoms with E-state index in [2.05, 4.69) is 10.3 Å². The predicted molar refractivity (Wildman–Crippen MR) is 45.8 cm³/mol. The van der Waals surface area contributed by atoms with Crippen molar-refractivity contribution in [1.29, 1.82) is 5.41 Å². The molecule has 0 aliphatic rings. The van der Waals surface area contributed by atoms with Gasteiger partial charge in [-0.1, -0.05) is 6.07 Å². The summed E-state index contributed by atoms with van der Waals surface area (Å²) in [5, 5.41) is 9.60. The monoisotopic (exact) mass is 147 g/mol. The number of pyridine rings is 1. The van der Waals surface area contributed by atoms with Gasteiger partial charge in [-0.05, 0) is 18.2 Å². The van der Waals surface area contributed by atoms with E-state index in [4.69, 9.17) is 5.41 Å². The summed E-state index contributed by atoms with van der Waals surface area (Å²) in [5.74, 6) is 0.783. The first-order valence-corrected chi connectivity index (χ1v) is 3.26. The highest BCUT2D eigenvalue weighted by molar-refractivity contribution is 5.68. The van der Waals surface area contributed by atoms with Crippen LogP contribution in [0.2, 0.25) is 0 Å². The maximum Gasteiger partial charge on any atom is 0.129 e. The zero-order chi connectivity index (χ0) is 7.94. The molecule has 2 N–H and O–H groups in total. The number of nitrogens with zero attached hydrogens (tertiary/aromatic N) is 1. The molecule has 0 aliphatic carbocycles. The lowest BCUT2D eigenvalue weighted by molar-refractivity contribution is 1.31. The summed E-state index contributed by atoms with van der Waals surface area (Å²) in [5.41, 5.74) is 0. The average molecular weight is 147 g/mol. The van der Waals surface area contributed by atoms with Gasteiger partial charge in [0.15, 0.2) is 0 Å². The van der Waals surface area contributed by atoms with Crippen molar-refractivity contribution in [2.24, 2.45) is 0 Å². The Kier molecular flexibility index (Phi) is 2.86. The van der Waals surface area contributed by atoms with Crippen LogP contribution < -0.4 is 5.32 Å². The van der Waals surface area contributed by atoms with Crippen molar-refractivity contribution >= 4 is 12.0 Å².